The van der Waals surface area contributed by atoms with Gasteiger partial charge in [-0.2, -0.15) is 0 Å². The molecule has 1 atom stereocenters. The van der Waals surface area contributed by atoms with E-state index in [2.05, 4.69) is 37.4 Å². The minimum absolute atomic E-state index is 0.123. The molecule has 0 amide bonds. The second-order valence-electron chi connectivity index (χ2n) is 3.68. The van der Waals surface area contributed by atoms with Gasteiger partial charge in [0.2, 0.25) is 0 Å². The van der Waals surface area contributed by atoms with Gasteiger partial charge in [-0.15, -0.1) is 0 Å². The van der Waals surface area contributed by atoms with Crippen LogP contribution < -0.4 is 11.1 Å². The van der Waals surface area contributed by atoms with Crippen LogP contribution in [0, 0.1) is 0 Å². The lowest BCUT2D eigenvalue weighted by molar-refractivity contribution is 0.435. The molecule has 1 rings (SSSR count). The van der Waals surface area contributed by atoms with Gasteiger partial charge in [-0.3, -0.25) is 0 Å². The predicted octanol–water partition coefficient (Wildman–Crippen LogP) is 1.20. The van der Waals surface area contributed by atoms with Crippen LogP contribution in [0.3, 0.4) is 0 Å². The molecule has 1 aliphatic rings. The Bertz CT molecular complexity index is 206. The standard InChI is InChI=1S/C10H18N2/c1-9-4-3-5-10(2,8-9)12-7-6-11/h3-5,12H,6-8,11H2,1-2H3. The summed E-state index contributed by atoms with van der Waals surface area (Å²) in [6.07, 6.45) is 7.56. The van der Waals surface area contributed by atoms with Gasteiger partial charge in [0.05, 0.1) is 0 Å². The van der Waals surface area contributed by atoms with Gasteiger partial charge in [0.1, 0.15) is 0 Å². The number of nitrogens with two attached hydrogens (primary N) is 1. The zero-order valence-electron chi connectivity index (χ0n) is 7.93. The third-order valence-corrected chi connectivity index (χ3v) is 2.16. The predicted molar refractivity (Wildman–Crippen MR) is 53.0 cm³/mol. The van der Waals surface area contributed by atoms with Crippen LogP contribution in [0.2, 0.25) is 0 Å². The van der Waals surface area contributed by atoms with Gasteiger partial charge in [0.15, 0.2) is 0 Å². The third kappa shape index (κ3) is 2.47. The molecule has 0 saturated carbocycles. The molecule has 0 bridgehead atoms. The Morgan fingerprint density at radius 2 is 2.42 bits per heavy atom. The normalized spacial score (nSPS) is 28.8. The summed E-state index contributed by atoms with van der Waals surface area (Å²) in [6.45, 7) is 5.95. The van der Waals surface area contributed by atoms with Crippen LogP contribution in [0.1, 0.15) is 20.3 Å². The van der Waals surface area contributed by atoms with Crippen molar-refractivity contribution in [1.29, 1.82) is 0 Å². The van der Waals surface area contributed by atoms with Crippen molar-refractivity contribution in [2.45, 2.75) is 25.8 Å². The van der Waals surface area contributed by atoms with Crippen molar-refractivity contribution in [3.63, 3.8) is 0 Å². The fraction of sp³-hybridized carbons (Fsp3) is 0.600. The molecule has 0 radical (unpaired) electrons. The average molecular weight is 166 g/mol. The van der Waals surface area contributed by atoms with Crippen molar-refractivity contribution in [3.05, 3.63) is 23.8 Å². The summed E-state index contributed by atoms with van der Waals surface area (Å²) >= 11 is 0. The lowest BCUT2D eigenvalue weighted by Gasteiger charge is -2.30. The molecule has 0 heterocycles. The Hall–Kier alpha value is -0.600. The van der Waals surface area contributed by atoms with Crippen LogP contribution in [-0.4, -0.2) is 18.6 Å². The second kappa shape index (κ2) is 3.87. The van der Waals surface area contributed by atoms with E-state index in [-0.39, 0.29) is 5.54 Å². The van der Waals surface area contributed by atoms with E-state index in [1.807, 2.05) is 0 Å². The molecule has 2 nitrogen and oxygen atoms in total. The van der Waals surface area contributed by atoms with Crippen molar-refractivity contribution in [2.75, 3.05) is 13.1 Å². The minimum Gasteiger partial charge on any atom is -0.329 e. The molecule has 0 spiro atoms. The van der Waals surface area contributed by atoms with Gasteiger partial charge in [-0.05, 0) is 20.3 Å². The van der Waals surface area contributed by atoms with Crippen LogP contribution in [0.4, 0.5) is 0 Å². The smallest absolute Gasteiger partial charge is 0.0376 e. The number of nitrogens with one attached hydrogen (secondary N) is 1. The maximum absolute atomic E-state index is 5.44. The van der Waals surface area contributed by atoms with Crippen LogP contribution in [-0.2, 0) is 0 Å². The van der Waals surface area contributed by atoms with Crippen molar-refractivity contribution >= 4 is 0 Å². The molecular weight excluding hydrogens is 148 g/mol. The summed E-state index contributed by atoms with van der Waals surface area (Å²) in [6, 6.07) is 0. The first kappa shape index (κ1) is 9.49. The molecular formula is C10H18N2. The average Bonchev–Trinajstić information content (AvgIpc) is 2.01. The summed E-state index contributed by atoms with van der Waals surface area (Å²) in [5, 5.41) is 3.43. The highest BCUT2D eigenvalue weighted by molar-refractivity contribution is 5.25. The van der Waals surface area contributed by atoms with E-state index in [4.69, 9.17) is 5.73 Å². The molecule has 68 valence electrons. The molecule has 0 aromatic rings. The number of allylic oxidation sites excluding steroid dienone is 2. The van der Waals surface area contributed by atoms with Crippen molar-refractivity contribution in [1.82, 2.24) is 5.32 Å². The van der Waals surface area contributed by atoms with E-state index in [1.54, 1.807) is 0 Å². The number of hydrogen-bond donors (Lipinski definition) is 2. The molecule has 0 aromatic carbocycles. The Labute approximate surface area is 74.5 Å². The van der Waals surface area contributed by atoms with Crippen molar-refractivity contribution in [2.24, 2.45) is 5.73 Å². The monoisotopic (exact) mass is 166 g/mol. The Kier molecular flexibility index (Phi) is 3.06. The third-order valence-electron chi connectivity index (χ3n) is 2.16. The molecule has 3 N–H and O–H groups in total. The number of hydrogen-bond acceptors (Lipinski definition) is 2. The molecule has 12 heavy (non-hydrogen) atoms. The van der Waals surface area contributed by atoms with Crippen LogP contribution in [0.15, 0.2) is 23.8 Å². The summed E-state index contributed by atoms with van der Waals surface area (Å²) in [4.78, 5) is 0. The highest BCUT2D eigenvalue weighted by atomic mass is 15.0. The van der Waals surface area contributed by atoms with Gasteiger partial charge < -0.3 is 11.1 Å². The highest BCUT2D eigenvalue weighted by Crippen LogP contribution is 2.21. The van der Waals surface area contributed by atoms with Gasteiger partial charge in [0, 0.05) is 18.6 Å². The van der Waals surface area contributed by atoms with Gasteiger partial charge in [-0.25, -0.2) is 0 Å². The van der Waals surface area contributed by atoms with Gasteiger partial charge >= 0.3 is 0 Å². The molecule has 1 unspecified atom stereocenters. The first-order valence-corrected chi connectivity index (χ1v) is 4.46. The molecule has 0 saturated heterocycles. The maximum Gasteiger partial charge on any atom is 0.0376 e. The lowest BCUT2D eigenvalue weighted by atomic mass is 9.89. The first-order valence-electron chi connectivity index (χ1n) is 4.46. The summed E-state index contributed by atoms with van der Waals surface area (Å²) in [5.74, 6) is 0. The Balaban J connectivity index is 2.51. The zero-order chi connectivity index (χ0) is 9.03. The van der Waals surface area contributed by atoms with Crippen LogP contribution in [0.5, 0.6) is 0 Å². The maximum atomic E-state index is 5.44. The van der Waals surface area contributed by atoms with Crippen molar-refractivity contribution in [3.8, 4) is 0 Å². The van der Waals surface area contributed by atoms with E-state index in [9.17, 15) is 0 Å². The first-order chi connectivity index (χ1) is 5.66. The highest BCUT2D eigenvalue weighted by Gasteiger charge is 2.21. The fourth-order valence-electron chi connectivity index (χ4n) is 1.60. The lowest BCUT2D eigenvalue weighted by Crippen LogP contribution is -2.43. The SMILES string of the molecule is CC1=CC=CC(C)(NCCN)C1. The molecule has 1 aliphatic carbocycles. The van der Waals surface area contributed by atoms with Crippen LogP contribution in [0.25, 0.3) is 0 Å². The Morgan fingerprint density at radius 1 is 1.67 bits per heavy atom. The van der Waals surface area contributed by atoms with Crippen molar-refractivity contribution < 1.29 is 0 Å². The van der Waals surface area contributed by atoms with E-state index in [0.717, 1.165) is 13.0 Å². The zero-order valence-corrected chi connectivity index (χ0v) is 7.93. The summed E-state index contributed by atoms with van der Waals surface area (Å²) in [7, 11) is 0. The van der Waals surface area contributed by atoms with E-state index in [1.165, 1.54) is 5.57 Å². The minimum atomic E-state index is 0.123. The van der Waals surface area contributed by atoms with Gasteiger partial charge in [0.25, 0.3) is 0 Å². The number of rotatable bonds is 3. The summed E-state index contributed by atoms with van der Waals surface area (Å²) < 4.78 is 0. The molecule has 0 fully saturated rings. The second-order valence-corrected chi connectivity index (χ2v) is 3.68. The van der Waals surface area contributed by atoms with E-state index in [0.29, 0.717) is 6.54 Å². The summed E-state index contributed by atoms with van der Waals surface area (Å²) in [5.41, 5.74) is 6.98. The molecule has 0 aliphatic heterocycles. The van der Waals surface area contributed by atoms with E-state index >= 15 is 0 Å². The fourth-order valence-corrected chi connectivity index (χ4v) is 1.60. The molecule has 2 heteroatoms. The molecule has 0 aromatic heterocycles. The van der Waals surface area contributed by atoms with Gasteiger partial charge in [-0.1, -0.05) is 23.8 Å². The topological polar surface area (TPSA) is 38.0 Å². The Morgan fingerprint density at radius 3 is 3.00 bits per heavy atom. The quantitative estimate of drug-likeness (QED) is 0.661. The van der Waals surface area contributed by atoms with E-state index < -0.39 is 0 Å². The van der Waals surface area contributed by atoms with Crippen LogP contribution >= 0.6 is 0 Å². The largest absolute Gasteiger partial charge is 0.329 e.